The van der Waals surface area contributed by atoms with Crippen molar-refractivity contribution in [3.8, 4) is 5.75 Å². The molecule has 1 saturated carbocycles. The first-order valence-electron chi connectivity index (χ1n) is 20.5. The predicted octanol–water partition coefficient (Wildman–Crippen LogP) is 9.84. The van der Waals surface area contributed by atoms with Gasteiger partial charge < -0.3 is 29.6 Å². The van der Waals surface area contributed by atoms with Crippen molar-refractivity contribution in [1.29, 1.82) is 0 Å². The number of aliphatic hydroxyl groups is 1. The molecule has 5 atom stereocenters. The van der Waals surface area contributed by atoms with Crippen LogP contribution in [0.2, 0.25) is 18.1 Å². The number of alkyl carbamates (subject to hydrolysis) is 1. The minimum atomic E-state index is -2.41. The van der Waals surface area contributed by atoms with Crippen molar-refractivity contribution >= 4 is 20.3 Å². The summed E-state index contributed by atoms with van der Waals surface area (Å²) >= 11 is 0. The normalized spacial score (nSPS) is 19.5. The number of carbonyl (C=O) groups is 2. The monoisotopic (exact) mass is 770 g/mol. The molecular formula is C46H66N2O6Si. The van der Waals surface area contributed by atoms with Crippen molar-refractivity contribution in [2.24, 2.45) is 11.8 Å². The summed E-state index contributed by atoms with van der Waals surface area (Å²) < 4.78 is 19.2. The molecule has 0 radical (unpaired) electrons. The Balaban J connectivity index is 1.47. The topological polar surface area (TPSA) is 106 Å². The fraction of sp³-hybridized carbons (Fsp3) is 0.565. The molecule has 2 aliphatic carbocycles. The van der Waals surface area contributed by atoms with Crippen LogP contribution in [0.25, 0.3) is 0 Å². The smallest absolute Gasteiger partial charge is 0.407 e. The van der Waals surface area contributed by atoms with Gasteiger partial charge in [0, 0.05) is 12.3 Å². The van der Waals surface area contributed by atoms with Crippen LogP contribution in [0.4, 0.5) is 4.79 Å². The summed E-state index contributed by atoms with van der Waals surface area (Å²) in [4.78, 5) is 28.3. The Morgan fingerprint density at radius 1 is 0.855 bits per heavy atom. The van der Waals surface area contributed by atoms with E-state index in [1.54, 1.807) is 0 Å². The third kappa shape index (κ3) is 12.4. The number of benzene rings is 3. The van der Waals surface area contributed by atoms with Gasteiger partial charge in [-0.3, -0.25) is 4.79 Å². The molecule has 3 N–H and O–H groups in total. The van der Waals surface area contributed by atoms with Crippen molar-refractivity contribution in [1.82, 2.24) is 10.6 Å². The van der Waals surface area contributed by atoms with Crippen LogP contribution in [0.1, 0.15) is 115 Å². The Morgan fingerprint density at radius 3 is 2.16 bits per heavy atom. The Bertz CT molecular complexity index is 1680. The van der Waals surface area contributed by atoms with Crippen molar-refractivity contribution in [3.63, 3.8) is 0 Å². The standard InChI is InChI=1S/C46H66N2O6Si/c1-45(2,3)53-44(51)47-39(28-32-17-11-9-12-18-32)41(54-55(7,8)46(4,5)6)30-36(43(50)48-42-38-22-16-15-21-35(38)29-40(42)49)27-33-23-25-37(26-24-33)52-31-34-19-13-10-14-20-34/h10,13-16,19-26,32,36,39-42,49H,9,11-12,17-18,27-31H2,1-8H3,(H,47,51)(H,48,50)/t36-,39+,40-,41+,42+/m1/s1. The predicted molar refractivity (Wildman–Crippen MR) is 222 cm³/mol. The molecule has 2 aliphatic rings. The highest BCUT2D eigenvalue weighted by molar-refractivity contribution is 6.74. The second-order valence-electron chi connectivity index (χ2n) is 18.4. The van der Waals surface area contributed by atoms with Crippen molar-refractivity contribution in [2.75, 3.05) is 0 Å². The number of aliphatic hydroxyl groups excluding tert-OH is 1. The maximum absolute atomic E-state index is 14.7. The molecule has 8 nitrogen and oxygen atoms in total. The molecule has 2 amide bonds. The first kappa shape index (κ1) is 42.5. The molecule has 0 unspecified atom stereocenters. The molecule has 0 bridgehead atoms. The van der Waals surface area contributed by atoms with Crippen LogP contribution in [-0.2, 0) is 33.4 Å². The summed E-state index contributed by atoms with van der Waals surface area (Å²) in [6.45, 7) is 17.2. The fourth-order valence-corrected chi connectivity index (χ4v) is 9.09. The second kappa shape index (κ2) is 18.5. The van der Waals surface area contributed by atoms with Gasteiger partial charge in [0.25, 0.3) is 0 Å². The van der Waals surface area contributed by atoms with E-state index in [2.05, 4.69) is 44.5 Å². The molecule has 300 valence electrons. The Labute approximate surface area is 331 Å². The van der Waals surface area contributed by atoms with Gasteiger partial charge in [0.2, 0.25) is 5.91 Å². The Kier molecular flexibility index (Phi) is 14.3. The van der Waals surface area contributed by atoms with Crippen LogP contribution >= 0.6 is 0 Å². The maximum Gasteiger partial charge on any atom is 0.407 e. The van der Waals surface area contributed by atoms with Crippen LogP contribution in [0.5, 0.6) is 5.75 Å². The first-order chi connectivity index (χ1) is 26.0. The zero-order valence-electron chi connectivity index (χ0n) is 34.5. The molecule has 1 fully saturated rings. The van der Waals surface area contributed by atoms with Crippen LogP contribution in [0, 0.1) is 11.8 Å². The molecule has 0 aliphatic heterocycles. The van der Waals surface area contributed by atoms with Crippen molar-refractivity contribution in [2.45, 2.75) is 154 Å². The van der Waals surface area contributed by atoms with Gasteiger partial charge in [-0.05, 0) is 98.5 Å². The number of rotatable bonds is 15. The lowest BCUT2D eigenvalue weighted by Crippen LogP contribution is -2.54. The molecule has 5 rings (SSSR count). The molecule has 0 heterocycles. The van der Waals surface area contributed by atoms with Crippen LogP contribution in [0.15, 0.2) is 78.9 Å². The molecule has 3 aromatic rings. The van der Waals surface area contributed by atoms with E-state index in [4.69, 9.17) is 13.9 Å². The number of hydrogen-bond donors (Lipinski definition) is 3. The first-order valence-corrected chi connectivity index (χ1v) is 23.4. The van der Waals surface area contributed by atoms with Gasteiger partial charge >= 0.3 is 6.09 Å². The maximum atomic E-state index is 14.7. The zero-order chi connectivity index (χ0) is 39.8. The minimum absolute atomic E-state index is 0.0996. The van der Waals surface area contributed by atoms with E-state index in [-0.39, 0.29) is 17.0 Å². The average molecular weight is 771 g/mol. The van der Waals surface area contributed by atoms with Crippen LogP contribution in [-0.4, -0.2) is 49.3 Å². The number of carbonyl (C=O) groups excluding carboxylic acids is 2. The molecule has 0 spiro atoms. The largest absolute Gasteiger partial charge is 0.489 e. The van der Waals surface area contributed by atoms with Gasteiger partial charge in [-0.15, -0.1) is 0 Å². The third-order valence-corrected chi connectivity index (χ3v) is 16.3. The van der Waals surface area contributed by atoms with E-state index in [9.17, 15) is 14.7 Å². The number of fused-ring (bicyclic) bond motifs is 1. The molecular weight excluding hydrogens is 705 g/mol. The van der Waals surface area contributed by atoms with Crippen LogP contribution < -0.4 is 15.4 Å². The second-order valence-corrected chi connectivity index (χ2v) is 23.2. The van der Waals surface area contributed by atoms with E-state index in [1.165, 1.54) is 19.3 Å². The van der Waals surface area contributed by atoms with Crippen molar-refractivity contribution in [3.05, 3.63) is 101 Å². The zero-order valence-corrected chi connectivity index (χ0v) is 35.5. The van der Waals surface area contributed by atoms with E-state index in [0.29, 0.717) is 31.8 Å². The summed E-state index contributed by atoms with van der Waals surface area (Å²) in [6, 6.07) is 25.1. The van der Waals surface area contributed by atoms with Gasteiger partial charge in [0.05, 0.1) is 24.3 Å². The molecule has 0 saturated heterocycles. The van der Waals surface area contributed by atoms with Gasteiger partial charge in [0.15, 0.2) is 8.32 Å². The lowest BCUT2D eigenvalue weighted by Gasteiger charge is -2.43. The van der Waals surface area contributed by atoms with E-state index >= 15 is 0 Å². The SMILES string of the molecule is CC(C)(C)OC(=O)N[C@@H](CC1CCCCC1)[C@H](C[C@@H](Cc1ccc(OCc2ccccc2)cc1)C(=O)N[C@H]1c2ccccc2C[C@H]1O)O[Si](C)(C)C(C)(C)C. The van der Waals surface area contributed by atoms with Crippen molar-refractivity contribution < 1.29 is 28.6 Å². The lowest BCUT2D eigenvalue weighted by atomic mass is 9.82. The van der Waals surface area contributed by atoms with E-state index in [0.717, 1.165) is 47.3 Å². The lowest BCUT2D eigenvalue weighted by molar-refractivity contribution is -0.127. The van der Waals surface area contributed by atoms with Crippen LogP contribution in [0.3, 0.4) is 0 Å². The molecule has 55 heavy (non-hydrogen) atoms. The minimum Gasteiger partial charge on any atom is -0.489 e. The Morgan fingerprint density at radius 2 is 1.51 bits per heavy atom. The number of hydrogen-bond acceptors (Lipinski definition) is 6. The number of ether oxygens (including phenoxy) is 2. The van der Waals surface area contributed by atoms with Gasteiger partial charge in [0.1, 0.15) is 18.0 Å². The average Bonchev–Trinajstić information content (AvgIpc) is 3.44. The summed E-state index contributed by atoms with van der Waals surface area (Å²) in [5.74, 6) is 0.551. The third-order valence-electron chi connectivity index (χ3n) is 11.8. The summed E-state index contributed by atoms with van der Waals surface area (Å²) in [7, 11) is -2.41. The van der Waals surface area contributed by atoms with Gasteiger partial charge in [-0.25, -0.2) is 4.79 Å². The number of nitrogens with one attached hydrogen (secondary N) is 2. The fourth-order valence-electron chi connectivity index (χ4n) is 7.72. The highest BCUT2D eigenvalue weighted by Gasteiger charge is 2.43. The van der Waals surface area contributed by atoms with Gasteiger partial charge in [-0.1, -0.05) is 120 Å². The molecule has 0 aromatic heterocycles. The highest BCUT2D eigenvalue weighted by Crippen LogP contribution is 2.40. The molecule has 9 heteroatoms. The van der Waals surface area contributed by atoms with E-state index < -0.39 is 44.2 Å². The quantitative estimate of drug-likeness (QED) is 0.133. The summed E-state index contributed by atoms with van der Waals surface area (Å²) in [5.41, 5.74) is 3.44. The number of amides is 2. The highest BCUT2D eigenvalue weighted by atomic mass is 28.4. The van der Waals surface area contributed by atoms with Gasteiger partial charge in [-0.2, -0.15) is 0 Å². The summed E-state index contributed by atoms with van der Waals surface area (Å²) in [6.07, 6.45) is 6.30. The summed E-state index contributed by atoms with van der Waals surface area (Å²) in [5, 5.41) is 17.6. The van der Waals surface area contributed by atoms with E-state index in [1.807, 2.05) is 99.6 Å². The Hall–Kier alpha value is -3.66. The molecule has 3 aromatic carbocycles.